The van der Waals surface area contributed by atoms with Gasteiger partial charge < -0.3 is 4.90 Å². The van der Waals surface area contributed by atoms with Crippen LogP contribution in [0, 0.1) is 0 Å². The number of benzene rings is 1. The van der Waals surface area contributed by atoms with E-state index in [0.29, 0.717) is 0 Å². The zero-order chi connectivity index (χ0) is 9.97. The number of carbonyl (C=O) groups excluding carboxylic acids is 1. The largest absolute Gasteiger partial charge is 0.371 e. The minimum atomic E-state index is 0.130. The lowest BCUT2D eigenvalue weighted by molar-refractivity contribution is 0.100. The fraction of sp³-hybridized carbons (Fsp3) is 0.250. The molecule has 2 heteroatoms. The molecule has 0 aromatic heterocycles. The highest BCUT2D eigenvalue weighted by molar-refractivity contribution is 6.08. The standard InChI is InChI=1S/C12H13NO/c1-13-9-5-8-11(13)12(14)10-6-3-2-4-7-10/h2-4,6-8H,5,9H2,1H3. The van der Waals surface area contributed by atoms with Crippen LogP contribution in [0.15, 0.2) is 42.1 Å². The molecule has 14 heavy (non-hydrogen) atoms. The number of likely N-dealkylation sites (N-methyl/N-ethyl adjacent to an activating group) is 1. The van der Waals surface area contributed by atoms with Gasteiger partial charge in [0.25, 0.3) is 0 Å². The number of hydrogen-bond acceptors (Lipinski definition) is 2. The van der Waals surface area contributed by atoms with Gasteiger partial charge >= 0.3 is 0 Å². The summed E-state index contributed by atoms with van der Waals surface area (Å²) in [4.78, 5) is 14.0. The third-order valence-electron chi connectivity index (χ3n) is 2.48. The zero-order valence-electron chi connectivity index (χ0n) is 8.23. The minimum Gasteiger partial charge on any atom is -0.371 e. The van der Waals surface area contributed by atoms with E-state index in [2.05, 4.69) is 0 Å². The first kappa shape index (κ1) is 9.00. The van der Waals surface area contributed by atoms with Gasteiger partial charge in [0.15, 0.2) is 0 Å². The van der Waals surface area contributed by atoms with Crippen LogP contribution in [0.2, 0.25) is 0 Å². The van der Waals surface area contributed by atoms with Crippen LogP contribution >= 0.6 is 0 Å². The van der Waals surface area contributed by atoms with E-state index in [1.165, 1.54) is 0 Å². The molecule has 0 saturated heterocycles. The number of Topliss-reactive ketones (excluding diaryl/α,β-unsaturated/α-hetero) is 1. The number of carbonyl (C=O) groups is 1. The fourth-order valence-corrected chi connectivity index (χ4v) is 1.67. The maximum absolute atomic E-state index is 11.9. The van der Waals surface area contributed by atoms with Crippen molar-refractivity contribution in [1.82, 2.24) is 4.90 Å². The van der Waals surface area contributed by atoms with Crippen LogP contribution < -0.4 is 0 Å². The summed E-state index contributed by atoms with van der Waals surface area (Å²) < 4.78 is 0. The smallest absolute Gasteiger partial charge is 0.208 e. The quantitative estimate of drug-likeness (QED) is 0.661. The molecule has 1 heterocycles. The van der Waals surface area contributed by atoms with Crippen LogP contribution in [0.3, 0.4) is 0 Å². The first-order chi connectivity index (χ1) is 6.79. The minimum absolute atomic E-state index is 0.130. The van der Waals surface area contributed by atoms with Crippen molar-refractivity contribution >= 4 is 5.78 Å². The molecule has 1 aromatic carbocycles. The fourth-order valence-electron chi connectivity index (χ4n) is 1.67. The van der Waals surface area contributed by atoms with Crippen molar-refractivity contribution in [2.24, 2.45) is 0 Å². The summed E-state index contributed by atoms with van der Waals surface area (Å²) >= 11 is 0. The van der Waals surface area contributed by atoms with Crippen LogP contribution in [0.25, 0.3) is 0 Å². The van der Waals surface area contributed by atoms with Crippen molar-refractivity contribution < 1.29 is 4.79 Å². The van der Waals surface area contributed by atoms with E-state index in [1.54, 1.807) is 0 Å². The van der Waals surface area contributed by atoms with Crippen molar-refractivity contribution in [3.05, 3.63) is 47.7 Å². The van der Waals surface area contributed by atoms with E-state index in [4.69, 9.17) is 0 Å². The summed E-state index contributed by atoms with van der Waals surface area (Å²) in [6, 6.07) is 9.42. The molecule has 1 aliphatic heterocycles. The van der Waals surface area contributed by atoms with E-state index in [-0.39, 0.29) is 5.78 Å². The highest BCUT2D eigenvalue weighted by Gasteiger charge is 2.18. The number of allylic oxidation sites excluding steroid dienone is 1. The van der Waals surface area contributed by atoms with Gasteiger partial charge in [-0.1, -0.05) is 36.4 Å². The van der Waals surface area contributed by atoms with E-state index >= 15 is 0 Å². The molecule has 0 fully saturated rings. The molecule has 0 radical (unpaired) electrons. The van der Waals surface area contributed by atoms with Gasteiger partial charge in [-0.2, -0.15) is 0 Å². The van der Waals surface area contributed by atoms with Crippen molar-refractivity contribution in [1.29, 1.82) is 0 Å². The van der Waals surface area contributed by atoms with E-state index in [1.807, 2.05) is 48.4 Å². The predicted octanol–water partition coefficient (Wildman–Crippen LogP) is 2.09. The summed E-state index contributed by atoms with van der Waals surface area (Å²) in [5, 5.41) is 0. The Labute approximate surface area is 83.8 Å². The van der Waals surface area contributed by atoms with E-state index in [0.717, 1.165) is 24.2 Å². The summed E-state index contributed by atoms with van der Waals surface area (Å²) in [5.41, 5.74) is 1.60. The Morgan fingerprint density at radius 2 is 2.00 bits per heavy atom. The van der Waals surface area contributed by atoms with Crippen molar-refractivity contribution in [2.45, 2.75) is 6.42 Å². The molecule has 2 rings (SSSR count). The van der Waals surface area contributed by atoms with Crippen molar-refractivity contribution in [2.75, 3.05) is 13.6 Å². The van der Waals surface area contributed by atoms with E-state index < -0.39 is 0 Å². The molecule has 2 nitrogen and oxygen atoms in total. The first-order valence-electron chi connectivity index (χ1n) is 4.80. The lowest BCUT2D eigenvalue weighted by Gasteiger charge is -2.14. The van der Waals surface area contributed by atoms with Crippen LogP contribution in [0.4, 0.5) is 0 Å². The van der Waals surface area contributed by atoms with Crippen LogP contribution in [0.5, 0.6) is 0 Å². The molecule has 0 unspecified atom stereocenters. The van der Waals surface area contributed by atoms with E-state index in [9.17, 15) is 4.79 Å². The second kappa shape index (κ2) is 3.66. The number of hydrogen-bond donors (Lipinski definition) is 0. The van der Waals surface area contributed by atoms with Crippen molar-refractivity contribution in [3.63, 3.8) is 0 Å². The van der Waals surface area contributed by atoms with Crippen LogP contribution in [0.1, 0.15) is 16.8 Å². The van der Waals surface area contributed by atoms with Gasteiger partial charge in [-0.05, 0) is 6.42 Å². The average molecular weight is 187 g/mol. The van der Waals surface area contributed by atoms with Gasteiger partial charge in [-0.25, -0.2) is 0 Å². The lowest BCUT2D eigenvalue weighted by Crippen LogP contribution is -2.19. The average Bonchev–Trinajstić information content (AvgIpc) is 2.65. The number of nitrogens with zero attached hydrogens (tertiary/aromatic N) is 1. The molecule has 0 bridgehead atoms. The monoisotopic (exact) mass is 187 g/mol. The molecule has 1 aliphatic rings. The Morgan fingerprint density at radius 1 is 1.29 bits per heavy atom. The Morgan fingerprint density at radius 3 is 2.57 bits per heavy atom. The predicted molar refractivity (Wildman–Crippen MR) is 56.1 cm³/mol. The maximum atomic E-state index is 11.9. The van der Waals surface area contributed by atoms with Gasteiger partial charge in [-0.15, -0.1) is 0 Å². The van der Waals surface area contributed by atoms with Gasteiger partial charge in [0.2, 0.25) is 5.78 Å². The van der Waals surface area contributed by atoms with Gasteiger partial charge in [0.1, 0.15) is 0 Å². The maximum Gasteiger partial charge on any atom is 0.208 e. The molecule has 0 spiro atoms. The normalized spacial score (nSPS) is 15.5. The summed E-state index contributed by atoms with van der Waals surface area (Å²) in [7, 11) is 1.96. The molecular weight excluding hydrogens is 174 g/mol. The summed E-state index contributed by atoms with van der Waals surface area (Å²) in [6.45, 7) is 0.952. The molecule has 1 aromatic rings. The molecular formula is C12H13NO. The number of ketones is 1. The van der Waals surface area contributed by atoms with Gasteiger partial charge in [0.05, 0.1) is 5.70 Å². The number of rotatable bonds is 2. The Hall–Kier alpha value is -1.57. The summed E-state index contributed by atoms with van der Waals surface area (Å²) in [6.07, 6.45) is 2.99. The van der Waals surface area contributed by atoms with Crippen LogP contribution in [-0.2, 0) is 0 Å². The third-order valence-corrected chi connectivity index (χ3v) is 2.48. The van der Waals surface area contributed by atoms with Gasteiger partial charge in [-0.3, -0.25) is 4.79 Å². The Kier molecular flexibility index (Phi) is 2.35. The second-order valence-electron chi connectivity index (χ2n) is 3.49. The molecule has 72 valence electrons. The highest BCUT2D eigenvalue weighted by atomic mass is 16.1. The first-order valence-corrected chi connectivity index (χ1v) is 4.80. The molecule has 0 N–H and O–H groups in total. The molecule has 0 saturated carbocycles. The summed E-state index contributed by atoms with van der Waals surface area (Å²) in [5.74, 6) is 0.130. The Balaban J connectivity index is 2.25. The van der Waals surface area contributed by atoms with Crippen molar-refractivity contribution in [3.8, 4) is 0 Å². The molecule has 0 amide bonds. The topological polar surface area (TPSA) is 20.3 Å². The second-order valence-corrected chi connectivity index (χ2v) is 3.49. The van der Waals surface area contributed by atoms with Crippen LogP contribution in [-0.4, -0.2) is 24.3 Å². The Bertz CT molecular complexity index is 367. The molecule has 0 aliphatic carbocycles. The SMILES string of the molecule is CN1CCC=C1C(=O)c1ccccc1. The zero-order valence-corrected chi connectivity index (χ0v) is 8.23. The highest BCUT2D eigenvalue weighted by Crippen LogP contribution is 2.17. The van der Waals surface area contributed by atoms with Gasteiger partial charge in [0, 0.05) is 19.2 Å². The molecule has 0 atom stereocenters. The lowest BCUT2D eigenvalue weighted by atomic mass is 10.1. The third kappa shape index (κ3) is 1.55.